The van der Waals surface area contributed by atoms with Crippen LogP contribution < -0.4 is 16.0 Å². The molecule has 1 aromatic rings. The van der Waals surface area contributed by atoms with Crippen molar-refractivity contribution < 1.29 is 9.59 Å². The van der Waals surface area contributed by atoms with Crippen molar-refractivity contribution >= 4 is 29.3 Å². The van der Waals surface area contributed by atoms with E-state index in [0.717, 1.165) is 22.9 Å². The lowest BCUT2D eigenvalue weighted by Gasteiger charge is -2.12. The molecule has 1 atom stereocenters. The summed E-state index contributed by atoms with van der Waals surface area (Å²) in [5.74, 6) is 1.60. The molecule has 1 aromatic carbocycles. The average Bonchev–Trinajstić information content (AvgIpc) is 2.99. The third kappa shape index (κ3) is 4.75. The molecule has 6 heteroatoms. The number of hydrogen-bond acceptors (Lipinski definition) is 4. The number of thioether (sulfide) groups is 1. The lowest BCUT2D eigenvalue weighted by Crippen LogP contribution is -2.41. The predicted octanol–water partition coefficient (Wildman–Crippen LogP) is 1.56. The Balaban J connectivity index is 1.88. The van der Waals surface area contributed by atoms with Gasteiger partial charge in [0.15, 0.2) is 0 Å². The minimum absolute atomic E-state index is 0.0108. The fourth-order valence-corrected chi connectivity index (χ4v) is 2.86. The van der Waals surface area contributed by atoms with E-state index in [2.05, 4.69) is 16.0 Å². The highest BCUT2D eigenvalue weighted by atomic mass is 32.2. The molecule has 0 saturated carbocycles. The minimum atomic E-state index is -0.0983. The molecule has 1 heterocycles. The summed E-state index contributed by atoms with van der Waals surface area (Å²) >= 11 is 1.72. The van der Waals surface area contributed by atoms with Crippen LogP contribution >= 0.6 is 11.8 Å². The van der Waals surface area contributed by atoms with Gasteiger partial charge >= 0.3 is 0 Å². The molecule has 0 bridgehead atoms. The van der Waals surface area contributed by atoms with Gasteiger partial charge in [-0.05, 0) is 17.7 Å². The van der Waals surface area contributed by atoms with E-state index in [9.17, 15) is 9.59 Å². The summed E-state index contributed by atoms with van der Waals surface area (Å²) in [4.78, 5) is 23.6. The van der Waals surface area contributed by atoms with Crippen molar-refractivity contribution in [3.63, 3.8) is 0 Å². The highest BCUT2D eigenvalue weighted by Gasteiger charge is 2.21. The average molecular weight is 307 g/mol. The molecule has 1 aliphatic rings. The molecule has 1 aliphatic heterocycles. The molecule has 2 amide bonds. The maximum atomic E-state index is 11.9. The second-order valence-electron chi connectivity index (χ2n) is 5.33. The number of benzene rings is 1. The van der Waals surface area contributed by atoms with E-state index in [1.165, 1.54) is 0 Å². The quantitative estimate of drug-likeness (QED) is 0.772. The van der Waals surface area contributed by atoms with Gasteiger partial charge in [0.2, 0.25) is 11.8 Å². The van der Waals surface area contributed by atoms with Crippen molar-refractivity contribution in [1.82, 2.24) is 10.6 Å². The first kappa shape index (κ1) is 15.9. The van der Waals surface area contributed by atoms with Gasteiger partial charge in [0.25, 0.3) is 0 Å². The summed E-state index contributed by atoms with van der Waals surface area (Å²) in [6.07, 6.45) is 0. The topological polar surface area (TPSA) is 70.2 Å². The number of amides is 2. The van der Waals surface area contributed by atoms with Gasteiger partial charge < -0.3 is 10.6 Å². The molecule has 0 aromatic heterocycles. The second kappa shape index (κ2) is 7.47. The summed E-state index contributed by atoms with van der Waals surface area (Å²) < 4.78 is 0. The van der Waals surface area contributed by atoms with Crippen molar-refractivity contribution in [3.05, 3.63) is 29.8 Å². The van der Waals surface area contributed by atoms with E-state index in [4.69, 9.17) is 0 Å². The standard InChI is InChI=1S/C15H21N3O2S/c1-10(2)14(19)18-12-5-3-4-11(6-12)7-16-15(20)13-8-21-9-17-13/h3-6,10,13,17H,7-9H2,1-2H3,(H,16,20)(H,18,19). The Morgan fingerprint density at radius 1 is 1.43 bits per heavy atom. The number of carbonyl (C=O) groups excluding carboxylic acids is 2. The van der Waals surface area contributed by atoms with E-state index >= 15 is 0 Å². The Morgan fingerprint density at radius 2 is 2.24 bits per heavy atom. The van der Waals surface area contributed by atoms with Crippen LogP contribution in [0, 0.1) is 5.92 Å². The zero-order valence-corrected chi connectivity index (χ0v) is 13.1. The summed E-state index contributed by atoms with van der Waals surface area (Å²) in [6.45, 7) is 4.17. The van der Waals surface area contributed by atoms with Gasteiger partial charge in [0.1, 0.15) is 0 Å². The summed E-state index contributed by atoms with van der Waals surface area (Å²) in [5.41, 5.74) is 1.73. The number of carbonyl (C=O) groups is 2. The molecule has 2 rings (SSSR count). The lowest BCUT2D eigenvalue weighted by molar-refractivity contribution is -0.122. The minimum Gasteiger partial charge on any atom is -0.351 e. The Labute approximate surface area is 129 Å². The molecular formula is C15H21N3O2S. The van der Waals surface area contributed by atoms with Crippen molar-refractivity contribution in [2.75, 3.05) is 16.9 Å². The van der Waals surface area contributed by atoms with Crippen LogP contribution in [0.15, 0.2) is 24.3 Å². The number of rotatable bonds is 5. The molecule has 1 fully saturated rings. The molecule has 5 nitrogen and oxygen atoms in total. The molecule has 0 aliphatic carbocycles. The zero-order chi connectivity index (χ0) is 15.2. The SMILES string of the molecule is CC(C)C(=O)Nc1cccc(CNC(=O)C2CSCN2)c1. The summed E-state index contributed by atoms with van der Waals surface area (Å²) in [7, 11) is 0. The molecule has 21 heavy (non-hydrogen) atoms. The fraction of sp³-hybridized carbons (Fsp3) is 0.467. The number of nitrogens with one attached hydrogen (secondary N) is 3. The second-order valence-corrected chi connectivity index (χ2v) is 6.36. The monoisotopic (exact) mass is 307 g/mol. The van der Waals surface area contributed by atoms with Gasteiger partial charge in [-0.25, -0.2) is 0 Å². The highest BCUT2D eigenvalue weighted by Crippen LogP contribution is 2.13. The van der Waals surface area contributed by atoms with Gasteiger partial charge in [-0.2, -0.15) is 0 Å². The van der Waals surface area contributed by atoms with Crippen molar-refractivity contribution in [2.24, 2.45) is 5.92 Å². The van der Waals surface area contributed by atoms with E-state index in [0.29, 0.717) is 6.54 Å². The third-order valence-corrected chi connectivity index (χ3v) is 4.16. The maximum absolute atomic E-state index is 11.9. The molecular weight excluding hydrogens is 286 g/mol. The van der Waals surface area contributed by atoms with Crippen molar-refractivity contribution in [3.8, 4) is 0 Å². The number of anilines is 1. The van der Waals surface area contributed by atoms with Gasteiger partial charge in [-0.15, -0.1) is 11.8 Å². The van der Waals surface area contributed by atoms with Crippen molar-refractivity contribution in [1.29, 1.82) is 0 Å². The Morgan fingerprint density at radius 3 is 2.90 bits per heavy atom. The zero-order valence-electron chi connectivity index (χ0n) is 12.3. The molecule has 0 radical (unpaired) electrons. The summed E-state index contributed by atoms with van der Waals surface area (Å²) in [5, 5.41) is 8.91. The third-order valence-electron chi connectivity index (χ3n) is 3.22. The highest BCUT2D eigenvalue weighted by molar-refractivity contribution is 7.99. The van der Waals surface area contributed by atoms with Crippen LogP contribution in [0.5, 0.6) is 0 Å². The van der Waals surface area contributed by atoms with E-state index in [-0.39, 0.29) is 23.8 Å². The van der Waals surface area contributed by atoms with Crippen LogP contribution in [0.1, 0.15) is 19.4 Å². The molecule has 0 spiro atoms. The smallest absolute Gasteiger partial charge is 0.238 e. The first-order valence-electron chi connectivity index (χ1n) is 7.05. The van der Waals surface area contributed by atoms with Crippen LogP contribution in [0.3, 0.4) is 0 Å². The summed E-state index contributed by atoms with van der Waals surface area (Å²) in [6, 6.07) is 7.44. The van der Waals surface area contributed by atoms with E-state index < -0.39 is 0 Å². The molecule has 1 unspecified atom stereocenters. The van der Waals surface area contributed by atoms with E-state index in [1.54, 1.807) is 11.8 Å². The van der Waals surface area contributed by atoms with Gasteiger partial charge in [0, 0.05) is 29.8 Å². The Kier molecular flexibility index (Phi) is 5.64. The lowest BCUT2D eigenvalue weighted by atomic mass is 10.1. The van der Waals surface area contributed by atoms with Crippen molar-refractivity contribution in [2.45, 2.75) is 26.4 Å². The fourth-order valence-electron chi connectivity index (χ4n) is 1.92. The Hall–Kier alpha value is -1.53. The van der Waals surface area contributed by atoms with Gasteiger partial charge in [0.05, 0.1) is 6.04 Å². The Bertz CT molecular complexity index is 513. The number of hydrogen-bond donors (Lipinski definition) is 3. The van der Waals surface area contributed by atoms with Crippen LogP contribution in [0.2, 0.25) is 0 Å². The van der Waals surface area contributed by atoms with Crippen LogP contribution in [-0.4, -0.2) is 29.5 Å². The molecule has 3 N–H and O–H groups in total. The van der Waals surface area contributed by atoms with Crippen LogP contribution in [-0.2, 0) is 16.1 Å². The van der Waals surface area contributed by atoms with Crippen LogP contribution in [0.4, 0.5) is 5.69 Å². The van der Waals surface area contributed by atoms with Crippen LogP contribution in [0.25, 0.3) is 0 Å². The first-order valence-corrected chi connectivity index (χ1v) is 8.20. The largest absolute Gasteiger partial charge is 0.351 e. The van der Waals surface area contributed by atoms with Gasteiger partial charge in [-0.1, -0.05) is 26.0 Å². The van der Waals surface area contributed by atoms with Gasteiger partial charge in [-0.3, -0.25) is 14.9 Å². The normalized spacial score (nSPS) is 17.8. The van der Waals surface area contributed by atoms with E-state index in [1.807, 2.05) is 38.1 Å². The maximum Gasteiger partial charge on any atom is 0.238 e. The first-order chi connectivity index (χ1) is 10.1. The molecule has 1 saturated heterocycles. The predicted molar refractivity (Wildman–Crippen MR) is 86.0 cm³/mol. The molecule has 114 valence electrons.